The molecule has 1 N–H and O–H groups in total. The van der Waals surface area contributed by atoms with Crippen molar-refractivity contribution in [2.45, 2.75) is 25.2 Å². The molecule has 1 unspecified atom stereocenters. The number of nitrogens with one attached hydrogen (secondary N) is 1. The van der Waals surface area contributed by atoms with E-state index in [0.717, 1.165) is 12.1 Å². The van der Waals surface area contributed by atoms with Crippen molar-refractivity contribution >= 4 is 39.8 Å². The van der Waals surface area contributed by atoms with Crippen molar-refractivity contribution in [2.24, 2.45) is 0 Å². The van der Waals surface area contributed by atoms with Crippen LogP contribution in [0, 0.1) is 11.3 Å². The standard InChI is InChI=1S/C18H13ClF3N5S/c1-17(9-23,10-27-25-14-7-6-13(19)8-15(14)26-27)24-16(28)11-2-4-12(5-3-11)18(20,21)22/h2-8H,10H2,1H3,(H,24,28). The molecule has 1 heterocycles. The molecule has 0 saturated heterocycles. The minimum atomic E-state index is -4.43. The fraction of sp³-hybridized carbons (Fsp3) is 0.222. The number of hydrogen-bond donors (Lipinski definition) is 1. The van der Waals surface area contributed by atoms with Crippen LogP contribution in [0.2, 0.25) is 5.02 Å². The van der Waals surface area contributed by atoms with Crippen LogP contribution in [0.4, 0.5) is 13.2 Å². The van der Waals surface area contributed by atoms with Gasteiger partial charge in [-0.15, -0.1) is 0 Å². The van der Waals surface area contributed by atoms with Crippen LogP contribution in [0.15, 0.2) is 42.5 Å². The summed E-state index contributed by atoms with van der Waals surface area (Å²) < 4.78 is 38.1. The third-order valence-corrected chi connectivity index (χ3v) is 4.52. The van der Waals surface area contributed by atoms with Gasteiger partial charge in [-0.05, 0) is 37.3 Å². The highest BCUT2D eigenvalue weighted by Gasteiger charge is 2.31. The zero-order valence-electron chi connectivity index (χ0n) is 14.5. The highest BCUT2D eigenvalue weighted by molar-refractivity contribution is 7.80. The van der Waals surface area contributed by atoms with E-state index in [0.29, 0.717) is 21.6 Å². The van der Waals surface area contributed by atoms with Crippen LogP contribution in [0.5, 0.6) is 0 Å². The molecule has 0 spiro atoms. The fourth-order valence-corrected chi connectivity index (χ4v) is 3.05. The van der Waals surface area contributed by atoms with Crippen molar-refractivity contribution in [3.8, 4) is 6.07 Å². The number of hydrogen-bond acceptors (Lipinski definition) is 4. The Morgan fingerprint density at radius 2 is 1.82 bits per heavy atom. The van der Waals surface area contributed by atoms with Crippen LogP contribution < -0.4 is 5.32 Å². The van der Waals surface area contributed by atoms with Crippen molar-refractivity contribution in [3.05, 3.63) is 58.6 Å². The number of benzene rings is 2. The van der Waals surface area contributed by atoms with Gasteiger partial charge in [0.1, 0.15) is 21.6 Å². The average Bonchev–Trinajstić information content (AvgIpc) is 3.01. The van der Waals surface area contributed by atoms with Crippen LogP contribution in [-0.4, -0.2) is 25.5 Å². The molecule has 0 amide bonds. The normalized spacial score (nSPS) is 13.7. The molecule has 28 heavy (non-hydrogen) atoms. The lowest BCUT2D eigenvalue weighted by molar-refractivity contribution is -0.137. The smallest absolute Gasteiger partial charge is 0.357 e. The highest BCUT2D eigenvalue weighted by atomic mass is 35.5. The predicted octanol–water partition coefficient (Wildman–Crippen LogP) is 4.35. The highest BCUT2D eigenvalue weighted by Crippen LogP contribution is 2.29. The van der Waals surface area contributed by atoms with Gasteiger partial charge >= 0.3 is 6.18 Å². The molecule has 1 atom stereocenters. The van der Waals surface area contributed by atoms with Gasteiger partial charge in [-0.2, -0.15) is 33.4 Å². The van der Waals surface area contributed by atoms with E-state index < -0.39 is 17.3 Å². The fourth-order valence-electron chi connectivity index (χ4n) is 2.52. The topological polar surface area (TPSA) is 66.5 Å². The molecule has 0 aliphatic rings. The Morgan fingerprint density at radius 3 is 2.43 bits per heavy atom. The molecule has 0 radical (unpaired) electrons. The first-order valence-corrected chi connectivity index (χ1v) is 8.80. The Labute approximate surface area is 168 Å². The largest absolute Gasteiger partial charge is 0.416 e. The number of nitrogens with zero attached hydrogens (tertiary/aromatic N) is 4. The van der Waals surface area contributed by atoms with E-state index >= 15 is 0 Å². The molecular formula is C18H13ClF3N5S. The van der Waals surface area contributed by atoms with Crippen LogP contribution in [0.25, 0.3) is 11.0 Å². The van der Waals surface area contributed by atoms with E-state index in [9.17, 15) is 18.4 Å². The van der Waals surface area contributed by atoms with E-state index in [2.05, 4.69) is 21.6 Å². The van der Waals surface area contributed by atoms with Gasteiger partial charge in [0.25, 0.3) is 0 Å². The van der Waals surface area contributed by atoms with Crippen LogP contribution in [-0.2, 0) is 12.7 Å². The van der Waals surface area contributed by atoms with Crippen molar-refractivity contribution in [3.63, 3.8) is 0 Å². The van der Waals surface area contributed by atoms with Gasteiger partial charge in [0.2, 0.25) is 0 Å². The number of thiocarbonyl (C=S) groups is 1. The lowest BCUT2D eigenvalue weighted by Gasteiger charge is -2.24. The number of fused-ring (bicyclic) bond motifs is 1. The quantitative estimate of drug-likeness (QED) is 0.632. The summed E-state index contributed by atoms with van der Waals surface area (Å²) in [6.07, 6.45) is -4.43. The first-order valence-electron chi connectivity index (χ1n) is 8.01. The van der Waals surface area contributed by atoms with E-state index in [1.165, 1.54) is 16.9 Å². The van der Waals surface area contributed by atoms with Gasteiger partial charge in [-0.25, -0.2) is 0 Å². The Kier molecular flexibility index (Phi) is 5.28. The van der Waals surface area contributed by atoms with Gasteiger partial charge in [-0.1, -0.05) is 36.0 Å². The van der Waals surface area contributed by atoms with E-state index in [1.54, 1.807) is 25.1 Å². The molecule has 0 bridgehead atoms. The molecule has 3 rings (SSSR count). The zero-order valence-corrected chi connectivity index (χ0v) is 16.0. The van der Waals surface area contributed by atoms with Crippen molar-refractivity contribution in [1.82, 2.24) is 20.3 Å². The maximum Gasteiger partial charge on any atom is 0.416 e. The molecule has 3 aromatic rings. The molecule has 2 aromatic carbocycles. The summed E-state index contributed by atoms with van der Waals surface area (Å²) in [4.78, 5) is 1.50. The monoisotopic (exact) mass is 423 g/mol. The summed E-state index contributed by atoms with van der Waals surface area (Å²) >= 11 is 11.2. The maximum absolute atomic E-state index is 12.7. The summed E-state index contributed by atoms with van der Waals surface area (Å²) in [6.45, 7) is 1.67. The van der Waals surface area contributed by atoms with Gasteiger partial charge in [0.15, 0.2) is 0 Å². The molecule has 0 aliphatic heterocycles. The molecule has 1 aromatic heterocycles. The second-order valence-electron chi connectivity index (χ2n) is 6.34. The third-order valence-electron chi connectivity index (χ3n) is 3.95. The Bertz CT molecular complexity index is 1070. The van der Waals surface area contributed by atoms with E-state index in [1.807, 2.05) is 0 Å². The molecule has 0 aliphatic carbocycles. The maximum atomic E-state index is 12.7. The van der Waals surface area contributed by atoms with Crippen LogP contribution in [0.3, 0.4) is 0 Å². The van der Waals surface area contributed by atoms with Gasteiger partial charge in [0.05, 0.1) is 18.2 Å². The Hall–Kier alpha value is -2.70. The van der Waals surface area contributed by atoms with Gasteiger partial charge in [-0.3, -0.25) is 0 Å². The minimum absolute atomic E-state index is 0.0660. The molecule has 5 nitrogen and oxygen atoms in total. The Balaban J connectivity index is 1.77. The molecule has 144 valence electrons. The van der Waals surface area contributed by atoms with Crippen molar-refractivity contribution in [2.75, 3.05) is 0 Å². The lowest BCUT2D eigenvalue weighted by Crippen LogP contribution is -2.48. The van der Waals surface area contributed by atoms with Crippen LogP contribution in [0.1, 0.15) is 18.1 Å². The second kappa shape index (κ2) is 7.37. The van der Waals surface area contributed by atoms with E-state index in [4.69, 9.17) is 23.8 Å². The summed E-state index contributed by atoms with van der Waals surface area (Å²) in [5.74, 6) is 0. The minimum Gasteiger partial charge on any atom is -0.357 e. The predicted molar refractivity (Wildman–Crippen MR) is 103 cm³/mol. The first-order chi connectivity index (χ1) is 13.1. The molecular weight excluding hydrogens is 411 g/mol. The summed E-state index contributed by atoms with van der Waals surface area (Å²) in [5, 5.41) is 21.6. The van der Waals surface area contributed by atoms with Gasteiger partial charge < -0.3 is 5.32 Å². The van der Waals surface area contributed by atoms with Gasteiger partial charge in [0, 0.05) is 10.6 Å². The molecule has 10 heteroatoms. The Morgan fingerprint density at radius 1 is 1.18 bits per heavy atom. The summed E-state index contributed by atoms with van der Waals surface area (Å²) in [7, 11) is 0. The third kappa shape index (κ3) is 4.40. The second-order valence-corrected chi connectivity index (χ2v) is 7.18. The number of alkyl halides is 3. The number of aromatic nitrogens is 3. The SMILES string of the molecule is CC(C#N)(Cn1nc2ccc(Cl)cc2n1)NC(=S)c1ccc(C(F)(F)F)cc1. The first kappa shape index (κ1) is 20.0. The molecule has 0 fully saturated rings. The number of nitriles is 1. The average molecular weight is 424 g/mol. The van der Waals surface area contributed by atoms with Crippen molar-refractivity contribution < 1.29 is 13.2 Å². The number of halogens is 4. The van der Waals surface area contributed by atoms with E-state index in [-0.39, 0.29) is 11.5 Å². The summed E-state index contributed by atoms with van der Waals surface area (Å²) in [6, 6.07) is 11.6. The lowest BCUT2D eigenvalue weighted by atomic mass is 10.0. The van der Waals surface area contributed by atoms with Crippen LogP contribution >= 0.6 is 23.8 Å². The van der Waals surface area contributed by atoms with Crippen molar-refractivity contribution in [1.29, 1.82) is 5.26 Å². The number of rotatable bonds is 4. The molecule has 0 saturated carbocycles. The summed E-state index contributed by atoms with van der Waals surface area (Å²) in [5.41, 5.74) is -0.380. The zero-order chi connectivity index (χ0) is 20.5.